The van der Waals surface area contributed by atoms with Gasteiger partial charge in [0.1, 0.15) is 0 Å². The number of nitrogen functional groups attached to an aromatic ring is 1. The van der Waals surface area contributed by atoms with E-state index in [4.69, 9.17) is 5.84 Å². The number of sulfonamides is 1. The first kappa shape index (κ1) is 14.4. The maximum atomic E-state index is 12.1. The molecule has 108 valence electrons. The second-order valence-corrected chi connectivity index (χ2v) is 5.70. The van der Waals surface area contributed by atoms with E-state index in [0.717, 1.165) is 0 Å². The van der Waals surface area contributed by atoms with E-state index >= 15 is 0 Å². The number of aryl methyl sites for hydroxylation is 1. The van der Waals surface area contributed by atoms with Crippen molar-refractivity contribution in [3.05, 3.63) is 36.8 Å². The van der Waals surface area contributed by atoms with Crippen LogP contribution in [-0.4, -0.2) is 29.7 Å². The van der Waals surface area contributed by atoms with Gasteiger partial charge < -0.3 is 5.43 Å². The fourth-order valence-electron chi connectivity index (χ4n) is 1.66. The van der Waals surface area contributed by atoms with Gasteiger partial charge in [-0.05, 0) is 24.6 Å². The molecular formula is C11H16N6O2S. The summed E-state index contributed by atoms with van der Waals surface area (Å²) in [4.78, 5) is 3.84. The van der Waals surface area contributed by atoms with Crippen LogP contribution in [0, 0.1) is 0 Å². The number of hydrazine groups is 1. The van der Waals surface area contributed by atoms with Gasteiger partial charge in [0.25, 0.3) is 10.0 Å². The molecule has 0 radical (unpaired) electrons. The molecule has 0 aliphatic rings. The molecule has 0 aliphatic heterocycles. The second kappa shape index (κ2) is 6.46. The molecule has 20 heavy (non-hydrogen) atoms. The van der Waals surface area contributed by atoms with Crippen LogP contribution in [0.25, 0.3) is 0 Å². The van der Waals surface area contributed by atoms with Crippen LogP contribution in [0.15, 0.2) is 41.8 Å². The standard InChI is InChI=1S/C11H16N6O2S/c12-16-10-4-1-5-13-11(10)20(18,19)15-7-3-9-17-8-2-6-14-17/h1-2,4-6,8,15-16H,3,7,9,12H2. The van der Waals surface area contributed by atoms with Gasteiger partial charge in [-0.1, -0.05) is 0 Å². The number of aromatic nitrogens is 3. The minimum absolute atomic E-state index is 0.110. The molecule has 2 aromatic heterocycles. The first-order chi connectivity index (χ1) is 9.63. The number of hydrogen-bond donors (Lipinski definition) is 3. The fraction of sp³-hybridized carbons (Fsp3) is 0.273. The molecule has 0 aliphatic carbocycles. The number of hydrogen-bond acceptors (Lipinski definition) is 6. The molecule has 0 bridgehead atoms. The molecule has 0 atom stereocenters. The summed E-state index contributed by atoms with van der Waals surface area (Å²) >= 11 is 0. The summed E-state index contributed by atoms with van der Waals surface area (Å²) in [6, 6.07) is 4.97. The highest BCUT2D eigenvalue weighted by atomic mass is 32.2. The van der Waals surface area contributed by atoms with E-state index in [0.29, 0.717) is 19.5 Å². The van der Waals surface area contributed by atoms with Gasteiger partial charge in [-0.25, -0.2) is 18.1 Å². The molecule has 2 rings (SSSR count). The summed E-state index contributed by atoms with van der Waals surface area (Å²) in [6.45, 7) is 0.933. The Kier molecular flexibility index (Phi) is 4.66. The predicted molar refractivity (Wildman–Crippen MR) is 74.1 cm³/mol. The van der Waals surface area contributed by atoms with Gasteiger partial charge in [-0.2, -0.15) is 5.10 Å². The summed E-state index contributed by atoms with van der Waals surface area (Å²) in [5.41, 5.74) is 2.58. The molecule has 0 fully saturated rings. The van der Waals surface area contributed by atoms with Crippen molar-refractivity contribution in [1.82, 2.24) is 19.5 Å². The molecule has 0 unspecified atom stereocenters. The largest absolute Gasteiger partial charge is 0.321 e. The first-order valence-corrected chi connectivity index (χ1v) is 7.50. The molecule has 4 N–H and O–H groups in total. The van der Waals surface area contributed by atoms with Crippen LogP contribution in [0.1, 0.15) is 6.42 Å². The lowest BCUT2D eigenvalue weighted by Crippen LogP contribution is -2.27. The van der Waals surface area contributed by atoms with Crippen molar-refractivity contribution in [2.24, 2.45) is 5.84 Å². The molecule has 0 spiro atoms. The second-order valence-electron chi connectivity index (χ2n) is 4.02. The van der Waals surface area contributed by atoms with E-state index in [-0.39, 0.29) is 10.7 Å². The SMILES string of the molecule is NNc1cccnc1S(=O)(=O)NCCCn1cccn1. The molecule has 0 amide bonds. The number of rotatable bonds is 7. The van der Waals surface area contributed by atoms with Gasteiger partial charge in [0.15, 0.2) is 5.03 Å². The molecule has 9 heteroatoms. The van der Waals surface area contributed by atoms with Gasteiger partial charge >= 0.3 is 0 Å². The molecular weight excluding hydrogens is 280 g/mol. The maximum Gasteiger partial charge on any atom is 0.260 e. The molecule has 0 saturated carbocycles. The Morgan fingerprint density at radius 3 is 2.85 bits per heavy atom. The Morgan fingerprint density at radius 1 is 1.30 bits per heavy atom. The number of nitrogens with one attached hydrogen (secondary N) is 2. The van der Waals surface area contributed by atoms with Crippen molar-refractivity contribution in [1.29, 1.82) is 0 Å². The quantitative estimate of drug-likeness (QED) is 0.374. The molecule has 2 heterocycles. The predicted octanol–water partition coefficient (Wildman–Crippen LogP) is -0.0677. The van der Waals surface area contributed by atoms with Crippen molar-refractivity contribution in [2.45, 2.75) is 18.0 Å². The summed E-state index contributed by atoms with van der Waals surface area (Å²) in [5, 5.41) is 3.93. The first-order valence-electron chi connectivity index (χ1n) is 6.02. The fourth-order valence-corrected chi connectivity index (χ4v) is 2.83. The van der Waals surface area contributed by atoms with Gasteiger partial charge in [0.05, 0.1) is 5.69 Å². The third-order valence-electron chi connectivity index (χ3n) is 2.60. The van der Waals surface area contributed by atoms with Crippen LogP contribution in [0.5, 0.6) is 0 Å². The van der Waals surface area contributed by atoms with Gasteiger partial charge in [0, 0.05) is 31.7 Å². The molecule has 8 nitrogen and oxygen atoms in total. The number of nitrogens with two attached hydrogens (primary N) is 1. The van der Waals surface area contributed by atoms with Crippen molar-refractivity contribution >= 4 is 15.7 Å². The van der Waals surface area contributed by atoms with Gasteiger partial charge in [-0.15, -0.1) is 0 Å². The highest BCUT2D eigenvalue weighted by Gasteiger charge is 2.18. The topological polar surface area (TPSA) is 115 Å². The van der Waals surface area contributed by atoms with E-state index < -0.39 is 10.0 Å². The normalized spacial score (nSPS) is 11.4. The monoisotopic (exact) mass is 296 g/mol. The van der Waals surface area contributed by atoms with Gasteiger partial charge in [0.2, 0.25) is 0 Å². The average Bonchev–Trinajstić information content (AvgIpc) is 2.97. The van der Waals surface area contributed by atoms with Crippen molar-refractivity contribution in [3.63, 3.8) is 0 Å². The zero-order valence-corrected chi connectivity index (χ0v) is 11.5. The van der Waals surface area contributed by atoms with E-state index in [1.165, 1.54) is 6.20 Å². The van der Waals surface area contributed by atoms with E-state index in [1.54, 1.807) is 23.0 Å². The lowest BCUT2D eigenvalue weighted by Gasteiger charge is -2.09. The van der Waals surface area contributed by atoms with Crippen LogP contribution in [0.4, 0.5) is 5.69 Å². The van der Waals surface area contributed by atoms with Crippen LogP contribution < -0.4 is 16.0 Å². The lowest BCUT2D eigenvalue weighted by molar-refractivity contribution is 0.551. The summed E-state index contributed by atoms with van der Waals surface area (Å²) in [7, 11) is -3.68. The lowest BCUT2D eigenvalue weighted by atomic mass is 10.4. The highest BCUT2D eigenvalue weighted by molar-refractivity contribution is 7.89. The van der Waals surface area contributed by atoms with Crippen molar-refractivity contribution in [3.8, 4) is 0 Å². The number of pyridine rings is 1. The number of nitrogens with zero attached hydrogens (tertiary/aromatic N) is 3. The van der Waals surface area contributed by atoms with Crippen molar-refractivity contribution in [2.75, 3.05) is 12.0 Å². The zero-order chi connectivity index (χ0) is 14.4. The Morgan fingerprint density at radius 2 is 2.15 bits per heavy atom. The van der Waals surface area contributed by atoms with Crippen LogP contribution in [-0.2, 0) is 16.6 Å². The van der Waals surface area contributed by atoms with Crippen LogP contribution in [0.3, 0.4) is 0 Å². The van der Waals surface area contributed by atoms with E-state index in [9.17, 15) is 8.42 Å². The minimum atomic E-state index is -3.68. The summed E-state index contributed by atoms with van der Waals surface area (Å²) in [6.07, 6.45) is 5.53. The average molecular weight is 296 g/mol. The van der Waals surface area contributed by atoms with Gasteiger partial charge in [-0.3, -0.25) is 10.5 Å². The van der Waals surface area contributed by atoms with E-state index in [2.05, 4.69) is 20.2 Å². The van der Waals surface area contributed by atoms with E-state index in [1.807, 2.05) is 12.3 Å². The molecule has 2 aromatic rings. The number of anilines is 1. The Balaban J connectivity index is 1.94. The smallest absolute Gasteiger partial charge is 0.260 e. The maximum absolute atomic E-state index is 12.1. The minimum Gasteiger partial charge on any atom is -0.321 e. The van der Waals surface area contributed by atoms with Crippen molar-refractivity contribution < 1.29 is 8.42 Å². The van der Waals surface area contributed by atoms with Crippen LogP contribution in [0.2, 0.25) is 0 Å². The Hall–Kier alpha value is -1.97. The zero-order valence-electron chi connectivity index (χ0n) is 10.7. The third-order valence-corrected chi connectivity index (χ3v) is 4.02. The Bertz CT molecular complexity index is 641. The molecule has 0 aromatic carbocycles. The highest BCUT2D eigenvalue weighted by Crippen LogP contribution is 2.16. The third kappa shape index (κ3) is 3.53. The summed E-state index contributed by atoms with van der Waals surface area (Å²) < 4.78 is 28.4. The van der Waals surface area contributed by atoms with Crippen LogP contribution >= 0.6 is 0 Å². The Labute approximate surface area is 117 Å². The summed E-state index contributed by atoms with van der Waals surface area (Å²) in [5.74, 6) is 5.27. The molecule has 0 saturated heterocycles.